The van der Waals surface area contributed by atoms with Crippen molar-refractivity contribution in [2.75, 3.05) is 13.2 Å². The fourth-order valence-corrected chi connectivity index (χ4v) is 0.540. The summed E-state index contributed by atoms with van der Waals surface area (Å²) >= 11 is 0. The number of β-amino-alcohol motifs (C(OH)–C–C–N with tert-alkyl or cyclic N) is 2. The molecule has 1 saturated heterocycles. The molecule has 1 aliphatic rings. The van der Waals surface area contributed by atoms with Crippen molar-refractivity contribution in [2.24, 2.45) is 0 Å². The van der Waals surface area contributed by atoms with Gasteiger partial charge in [0, 0.05) is 6.67 Å². The van der Waals surface area contributed by atoms with Gasteiger partial charge in [-0.3, -0.25) is 5.32 Å². The summed E-state index contributed by atoms with van der Waals surface area (Å²) in [5.41, 5.74) is 0. The zero-order chi connectivity index (χ0) is 6.20. The van der Waals surface area contributed by atoms with Gasteiger partial charge in [0.05, 0.1) is 6.54 Å². The molecule has 1 aliphatic heterocycles. The number of aliphatic hydroxyl groups is 2. The van der Waals surface area contributed by atoms with E-state index in [1.54, 1.807) is 0 Å². The van der Waals surface area contributed by atoms with Crippen LogP contribution in [0.3, 0.4) is 0 Å². The third-order valence-electron chi connectivity index (χ3n) is 1.02. The second-order valence-corrected chi connectivity index (χ2v) is 1.74. The average Bonchev–Trinajstić information content (AvgIpc) is 1.86. The van der Waals surface area contributed by atoms with Crippen LogP contribution in [-0.4, -0.2) is 34.4 Å². The minimum absolute atomic E-state index is 0.0208. The highest BCUT2D eigenvalue weighted by Crippen LogP contribution is 2.08. The van der Waals surface area contributed by atoms with Crippen LogP contribution in [0.25, 0.3) is 0 Å². The first-order valence-electron chi connectivity index (χ1n) is 2.23. The molecule has 5 heteroatoms. The Morgan fingerprint density at radius 3 is 2.38 bits per heavy atom. The van der Waals surface area contributed by atoms with Gasteiger partial charge in [0.2, 0.25) is 5.91 Å². The molecule has 3 N–H and O–H groups in total. The van der Waals surface area contributed by atoms with Crippen LogP contribution in [0.15, 0.2) is 0 Å². The van der Waals surface area contributed by atoms with Crippen LogP contribution in [0.1, 0.15) is 0 Å². The van der Waals surface area contributed by atoms with E-state index in [0.29, 0.717) is 0 Å². The molecule has 0 radical (unpaired) electrons. The Balaban J connectivity index is 2.54. The second-order valence-electron chi connectivity index (χ2n) is 1.74. The van der Waals surface area contributed by atoms with Gasteiger partial charge in [-0.25, -0.2) is 0 Å². The van der Waals surface area contributed by atoms with Crippen LogP contribution >= 0.6 is 0 Å². The molecule has 0 spiro atoms. The molecule has 0 bridgehead atoms. The zero-order valence-electron chi connectivity index (χ0n) is 4.16. The lowest BCUT2D eigenvalue weighted by molar-refractivity contribution is -0.219. The van der Waals surface area contributed by atoms with E-state index in [4.69, 9.17) is 10.2 Å². The van der Waals surface area contributed by atoms with Crippen molar-refractivity contribution in [2.45, 2.75) is 5.91 Å². The molecule has 0 saturated carbocycles. The molecular formula is C3H7N2O3-. The molecule has 5 nitrogen and oxygen atoms in total. The molecule has 0 amide bonds. The van der Waals surface area contributed by atoms with Crippen LogP contribution in [0.5, 0.6) is 0 Å². The van der Waals surface area contributed by atoms with Crippen molar-refractivity contribution >= 4 is 0 Å². The van der Waals surface area contributed by atoms with Gasteiger partial charge in [-0.2, -0.15) is 0 Å². The molecule has 0 aromatic rings. The van der Waals surface area contributed by atoms with Crippen LogP contribution in [0.2, 0.25) is 0 Å². The van der Waals surface area contributed by atoms with Crippen molar-refractivity contribution in [1.82, 2.24) is 10.4 Å². The SMILES string of the molecule is [O-]N1CNCC1(O)O. The second kappa shape index (κ2) is 1.64. The van der Waals surface area contributed by atoms with Gasteiger partial charge < -0.3 is 20.5 Å². The van der Waals surface area contributed by atoms with Crippen molar-refractivity contribution < 1.29 is 10.2 Å². The fraction of sp³-hybridized carbons (Fsp3) is 1.00. The van der Waals surface area contributed by atoms with E-state index in [9.17, 15) is 5.21 Å². The molecule has 0 atom stereocenters. The van der Waals surface area contributed by atoms with Gasteiger partial charge >= 0.3 is 0 Å². The summed E-state index contributed by atoms with van der Waals surface area (Å²) < 4.78 is 0. The summed E-state index contributed by atoms with van der Waals surface area (Å²) in [5.74, 6) is -2.18. The lowest BCUT2D eigenvalue weighted by atomic mass is 10.5. The monoisotopic (exact) mass is 119 g/mol. The molecule has 8 heavy (non-hydrogen) atoms. The molecule has 48 valence electrons. The highest BCUT2D eigenvalue weighted by molar-refractivity contribution is 4.76. The topological polar surface area (TPSA) is 78.8 Å². The first kappa shape index (κ1) is 5.93. The third kappa shape index (κ3) is 0.816. The van der Waals surface area contributed by atoms with Gasteiger partial charge in [-0.1, -0.05) is 0 Å². The Labute approximate surface area is 46.1 Å². The van der Waals surface area contributed by atoms with Gasteiger partial charge in [-0.05, 0) is 0 Å². The van der Waals surface area contributed by atoms with E-state index in [2.05, 4.69) is 5.32 Å². The summed E-state index contributed by atoms with van der Waals surface area (Å²) in [6.07, 6.45) is 0. The molecule has 1 heterocycles. The number of rotatable bonds is 0. The number of nitrogens with zero attached hydrogens (tertiary/aromatic N) is 1. The van der Waals surface area contributed by atoms with Crippen LogP contribution in [-0.2, 0) is 0 Å². The van der Waals surface area contributed by atoms with Gasteiger partial charge in [0.15, 0.2) is 0 Å². The van der Waals surface area contributed by atoms with Crippen molar-refractivity contribution in [3.05, 3.63) is 5.21 Å². The van der Waals surface area contributed by atoms with Crippen LogP contribution < -0.4 is 5.32 Å². The predicted octanol–water partition coefficient (Wildman–Crippen LogP) is -2.01. The number of hydrogen-bond donors (Lipinski definition) is 3. The zero-order valence-corrected chi connectivity index (χ0v) is 4.16. The summed E-state index contributed by atoms with van der Waals surface area (Å²) in [4.78, 5) is 0. The summed E-state index contributed by atoms with van der Waals surface area (Å²) in [5, 5.41) is 30.0. The standard InChI is InChI=1S/C3H7N2O3/c6-3(7)1-4-2-5(3)8/h4,6-7H,1-2H2/q-1. The maximum absolute atomic E-state index is 10.2. The normalized spacial score (nSPS) is 28.9. The number of hydroxylamine groups is 2. The molecule has 1 fully saturated rings. The van der Waals surface area contributed by atoms with E-state index < -0.39 is 5.91 Å². The Hall–Kier alpha value is -0.200. The highest BCUT2D eigenvalue weighted by Gasteiger charge is 2.29. The maximum atomic E-state index is 10.2. The van der Waals surface area contributed by atoms with Crippen molar-refractivity contribution in [1.29, 1.82) is 0 Å². The highest BCUT2D eigenvalue weighted by atomic mass is 16.6. The Bertz CT molecular complexity index is 94.5. The Kier molecular flexibility index (Phi) is 1.22. The largest absolute Gasteiger partial charge is 0.781 e. The molecule has 0 aromatic carbocycles. The Morgan fingerprint density at radius 2 is 2.25 bits per heavy atom. The first-order chi connectivity index (χ1) is 3.63. The van der Waals surface area contributed by atoms with E-state index in [1.807, 2.05) is 0 Å². The number of hydrogen-bond acceptors (Lipinski definition) is 5. The lowest BCUT2D eigenvalue weighted by Gasteiger charge is -2.31. The molecular weight excluding hydrogens is 112 g/mol. The van der Waals surface area contributed by atoms with Gasteiger partial charge in [-0.15, -0.1) is 0 Å². The quantitative estimate of drug-likeness (QED) is 0.321. The smallest absolute Gasteiger partial charge is 0.227 e. The van der Waals surface area contributed by atoms with Crippen molar-refractivity contribution in [3.63, 3.8) is 0 Å². The summed E-state index contributed by atoms with van der Waals surface area (Å²) in [6, 6.07) is 0. The summed E-state index contributed by atoms with van der Waals surface area (Å²) in [6.45, 7) is -0.108. The minimum atomic E-state index is -2.18. The first-order valence-corrected chi connectivity index (χ1v) is 2.23. The van der Waals surface area contributed by atoms with E-state index in [0.717, 1.165) is 0 Å². The van der Waals surface area contributed by atoms with Gasteiger partial charge in [0.25, 0.3) is 0 Å². The maximum Gasteiger partial charge on any atom is 0.227 e. The van der Waals surface area contributed by atoms with E-state index in [-0.39, 0.29) is 18.3 Å². The molecule has 1 rings (SSSR count). The minimum Gasteiger partial charge on any atom is -0.781 e. The van der Waals surface area contributed by atoms with Crippen LogP contribution in [0.4, 0.5) is 0 Å². The molecule has 0 unspecified atom stereocenters. The third-order valence-corrected chi connectivity index (χ3v) is 1.02. The fourth-order valence-electron chi connectivity index (χ4n) is 0.540. The van der Waals surface area contributed by atoms with E-state index >= 15 is 0 Å². The molecule has 0 aromatic heterocycles. The van der Waals surface area contributed by atoms with Gasteiger partial charge in [0.1, 0.15) is 0 Å². The van der Waals surface area contributed by atoms with Crippen molar-refractivity contribution in [3.8, 4) is 0 Å². The molecule has 0 aliphatic carbocycles. The lowest BCUT2D eigenvalue weighted by Crippen LogP contribution is -2.42. The predicted molar refractivity (Wildman–Crippen MR) is 25.2 cm³/mol. The summed E-state index contributed by atoms with van der Waals surface area (Å²) in [7, 11) is 0. The Morgan fingerprint density at radius 1 is 1.62 bits per heavy atom. The average molecular weight is 119 g/mol. The van der Waals surface area contributed by atoms with E-state index in [1.165, 1.54) is 0 Å². The number of nitrogens with one attached hydrogen (secondary N) is 1. The van der Waals surface area contributed by atoms with Crippen LogP contribution in [0, 0.1) is 5.21 Å².